The second-order valence-electron chi connectivity index (χ2n) is 5.33. The zero-order chi connectivity index (χ0) is 16.0. The summed E-state index contributed by atoms with van der Waals surface area (Å²) in [7, 11) is 1.43. The summed E-state index contributed by atoms with van der Waals surface area (Å²) in [5.41, 5.74) is -0.162. The van der Waals surface area contributed by atoms with Gasteiger partial charge in [-0.25, -0.2) is 4.39 Å². The Balaban J connectivity index is 3.03. The topological polar surface area (TPSA) is 29.5 Å². The van der Waals surface area contributed by atoms with Crippen LogP contribution in [0.3, 0.4) is 0 Å². The second kappa shape index (κ2) is 7.55. The summed E-state index contributed by atoms with van der Waals surface area (Å²) in [4.78, 5) is 14.9. The van der Waals surface area contributed by atoms with E-state index in [1.807, 2.05) is 27.7 Å². The Labute approximate surface area is 127 Å². The van der Waals surface area contributed by atoms with Gasteiger partial charge >= 0.3 is 0 Å². The summed E-state index contributed by atoms with van der Waals surface area (Å²) >= 11 is 0. The number of halogens is 1. The molecule has 0 radical (unpaired) electrons. The molecule has 0 bridgehead atoms. The zero-order valence-electron chi connectivity index (χ0n) is 13.7. The van der Waals surface area contributed by atoms with Crippen molar-refractivity contribution in [3.05, 3.63) is 29.6 Å². The first-order chi connectivity index (χ1) is 9.94. The highest BCUT2D eigenvalue weighted by Gasteiger charge is 2.36. The van der Waals surface area contributed by atoms with E-state index in [4.69, 9.17) is 4.74 Å². The SMILES string of the molecule is CCN(CC)C(C)(CC)C(=O)Cc1cccc(OC)c1F. The Bertz CT molecular complexity index is 486. The van der Waals surface area contributed by atoms with Crippen molar-refractivity contribution >= 4 is 5.78 Å². The number of hydrogen-bond donors (Lipinski definition) is 0. The predicted octanol–water partition coefficient (Wildman–Crippen LogP) is 3.46. The predicted molar refractivity (Wildman–Crippen MR) is 83.3 cm³/mol. The van der Waals surface area contributed by atoms with Gasteiger partial charge in [0.1, 0.15) is 0 Å². The van der Waals surface area contributed by atoms with Crippen LogP contribution in [-0.4, -0.2) is 36.4 Å². The fourth-order valence-electron chi connectivity index (χ4n) is 2.73. The zero-order valence-corrected chi connectivity index (χ0v) is 13.7. The molecule has 0 aromatic heterocycles. The summed E-state index contributed by atoms with van der Waals surface area (Å²) in [6.07, 6.45) is 0.795. The van der Waals surface area contributed by atoms with Crippen molar-refractivity contribution in [1.29, 1.82) is 0 Å². The summed E-state index contributed by atoms with van der Waals surface area (Å²) < 4.78 is 19.2. The van der Waals surface area contributed by atoms with Gasteiger partial charge in [-0.05, 0) is 38.1 Å². The van der Waals surface area contributed by atoms with Crippen molar-refractivity contribution in [2.45, 2.75) is 46.1 Å². The molecule has 0 saturated heterocycles. The van der Waals surface area contributed by atoms with Crippen LogP contribution in [0.5, 0.6) is 5.75 Å². The van der Waals surface area contributed by atoms with E-state index in [1.165, 1.54) is 7.11 Å². The van der Waals surface area contributed by atoms with Crippen LogP contribution in [-0.2, 0) is 11.2 Å². The maximum absolute atomic E-state index is 14.2. The van der Waals surface area contributed by atoms with Gasteiger partial charge in [0.2, 0.25) is 0 Å². The van der Waals surface area contributed by atoms with E-state index in [9.17, 15) is 9.18 Å². The lowest BCUT2D eigenvalue weighted by molar-refractivity contribution is -0.129. The first kappa shape index (κ1) is 17.6. The molecule has 0 saturated carbocycles. The van der Waals surface area contributed by atoms with Gasteiger partial charge in [0.15, 0.2) is 17.3 Å². The number of ketones is 1. The van der Waals surface area contributed by atoms with Crippen LogP contribution in [0.15, 0.2) is 18.2 Å². The van der Waals surface area contributed by atoms with Gasteiger partial charge in [0, 0.05) is 6.42 Å². The van der Waals surface area contributed by atoms with Crippen molar-refractivity contribution in [2.75, 3.05) is 20.2 Å². The maximum Gasteiger partial charge on any atom is 0.168 e. The van der Waals surface area contributed by atoms with Crippen molar-refractivity contribution in [1.82, 2.24) is 4.90 Å². The van der Waals surface area contributed by atoms with Crippen molar-refractivity contribution in [2.24, 2.45) is 0 Å². The number of hydrogen-bond acceptors (Lipinski definition) is 3. The van der Waals surface area contributed by atoms with Crippen LogP contribution in [0.25, 0.3) is 0 Å². The molecule has 0 aliphatic carbocycles. The highest BCUT2D eigenvalue weighted by Crippen LogP contribution is 2.25. The second-order valence-corrected chi connectivity index (χ2v) is 5.33. The minimum atomic E-state index is -0.557. The molecule has 1 aromatic carbocycles. The lowest BCUT2D eigenvalue weighted by Crippen LogP contribution is -2.52. The Morgan fingerprint density at radius 3 is 2.38 bits per heavy atom. The molecule has 21 heavy (non-hydrogen) atoms. The number of benzene rings is 1. The molecule has 1 atom stereocenters. The van der Waals surface area contributed by atoms with E-state index < -0.39 is 11.4 Å². The Hall–Kier alpha value is -1.42. The Kier molecular flexibility index (Phi) is 6.34. The van der Waals surface area contributed by atoms with Gasteiger partial charge in [-0.1, -0.05) is 32.9 Å². The molecule has 1 unspecified atom stereocenters. The van der Waals surface area contributed by atoms with Crippen LogP contribution < -0.4 is 4.74 Å². The van der Waals surface area contributed by atoms with Gasteiger partial charge in [-0.2, -0.15) is 0 Å². The van der Waals surface area contributed by atoms with E-state index in [2.05, 4.69) is 4.90 Å². The van der Waals surface area contributed by atoms with Gasteiger partial charge < -0.3 is 4.74 Å². The third kappa shape index (κ3) is 3.62. The summed E-state index contributed by atoms with van der Waals surface area (Å²) in [5, 5.41) is 0. The lowest BCUT2D eigenvalue weighted by Gasteiger charge is -2.38. The highest BCUT2D eigenvalue weighted by molar-refractivity contribution is 5.89. The molecular weight excluding hydrogens is 269 g/mol. The first-order valence-corrected chi connectivity index (χ1v) is 7.54. The maximum atomic E-state index is 14.2. The van der Waals surface area contributed by atoms with Crippen LogP contribution in [0.2, 0.25) is 0 Å². The monoisotopic (exact) mass is 295 g/mol. The molecular formula is C17H26FNO2. The normalized spacial score (nSPS) is 14.0. The summed E-state index contributed by atoms with van der Waals surface area (Å²) in [6.45, 7) is 9.62. The third-order valence-corrected chi connectivity index (χ3v) is 4.36. The Morgan fingerprint density at radius 1 is 1.29 bits per heavy atom. The van der Waals surface area contributed by atoms with Gasteiger partial charge in [-0.15, -0.1) is 0 Å². The van der Waals surface area contributed by atoms with Gasteiger partial charge in [0.25, 0.3) is 0 Å². The average Bonchev–Trinajstić information content (AvgIpc) is 2.50. The van der Waals surface area contributed by atoms with Gasteiger partial charge in [-0.3, -0.25) is 9.69 Å². The molecule has 3 nitrogen and oxygen atoms in total. The molecule has 4 heteroatoms. The van der Waals surface area contributed by atoms with E-state index in [0.717, 1.165) is 13.1 Å². The Morgan fingerprint density at radius 2 is 1.90 bits per heavy atom. The molecule has 118 valence electrons. The number of carbonyl (C=O) groups excluding carboxylic acids is 1. The molecule has 0 N–H and O–H groups in total. The molecule has 0 amide bonds. The fourth-order valence-corrected chi connectivity index (χ4v) is 2.73. The average molecular weight is 295 g/mol. The summed E-state index contributed by atoms with van der Waals surface area (Å²) in [5.74, 6) is -0.214. The lowest BCUT2D eigenvalue weighted by atomic mass is 9.87. The molecule has 0 aliphatic heterocycles. The minimum Gasteiger partial charge on any atom is -0.494 e. The number of nitrogens with zero attached hydrogens (tertiary/aromatic N) is 1. The molecule has 0 heterocycles. The summed E-state index contributed by atoms with van der Waals surface area (Å²) in [6, 6.07) is 4.92. The largest absolute Gasteiger partial charge is 0.494 e. The smallest absolute Gasteiger partial charge is 0.168 e. The van der Waals surface area contributed by atoms with Crippen molar-refractivity contribution in [3.63, 3.8) is 0 Å². The number of methoxy groups -OCH3 is 1. The number of likely N-dealkylation sites (N-methyl/N-ethyl adjacent to an activating group) is 1. The standard InChI is InChI=1S/C17H26FNO2/c1-6-17(4,19(7-2)8-3)15(20)12-13-10-9-11-14(21-5)16(13)18/h9-11H,6-8,12H2,1-5H3. The van der Waals surface area contributed by atoms with Crippen LogP contribution in [0, 0.1) is 5.82 Å². The number of carbonyl (C=O) groups is 1. The number of rotatable bonds is 8. The van der Waals surface area contributed by atoms with E-state index in [0.29, 0.717) is 12.0 Å². The molecule has 1 aromatic rings. The highest BCUT2D eigenvalue weighted by atomic mass is 19.1. The molecule has 0 aliphatic rings. The minimum absolute atomic E-state index is 0.0425. The first-order valence-electron chi connectivity index (χ1n) is 7.54. The molecule has 0 fully saturated rings. The van der Waals surface area contributed by atoms with E-state index >= 15 is 0 Å². The fraction of sp³-hybridized carbons (Fsp3) is 0.588. The number of Topliss-reactive ketones (excluding diaryl/α,β-unsaturated/α-hetero) is 1. The van der Waals surface area contributed by atoms with Crippen LogP contribution in [0.4, 0.5) is 4.39 Å². The van der Waals surface area contributed by atoms with E-state index in [-0.39, 0.29) is 18.0 Å². The van der Waals surface area contributed by atoms with E-state index in [1.54, 1.807) is 18.2 Å². The third-order valence-electron chi connectivity index (χ3n) is 4.36. The van der Waals surface area contributed by atoms with Gasteiger partial charge in [0.05, 0.1) is 12.6 Å². The van der Waals surface area contributed by atoms with Crippen LogP contribution in [0.1, 0.15) is 39.7 Å². The molecule has 1 rings (SSSR count). The quantitative estimate of drug-likeness (QED) is 0.735. The van der Waals surface area contributed by atoms with Crippen molar-refractivity contribution in [3.8, 4) is 5.75 Å². The number of ether oxygens (including phenoxy) is 1. The van der Waals surface area contributed by atoms with Crippen LogP contribution >= 0.6 is 0 Å². The molecule has 0 spiro atoms. The van der Waals surface area contributed by atoms with Crippen molar-refractivity contribution < 1.29 is 13.9 Å².